The minimum absolute atomic E-state index is 0.746. The third kappa shape index (κ3) is 4.65. The van der Waals surface area contributed by atoms with Crippen LogP contribution in [0.15, 0.2) is 6.20 Å². The molecule has 0 saturated carbocycles. The summed E-state index contributed by atoms with van der Waals surface area (Å²) in [6.07, 6.45) is 9.73. The van der Waals surface area contributed by atoms with Gasteiger partial charge >= 0.3 is 0 Å². The summed E-state index contributed by atoms with van der Waals surface area (Å²) < 4.78 is 0.746. The van der Waals surface area contributed by atoms with E-state index in [1.54, 1.807) is 0 Å². The molecule has 1 heterocycles. The van der Waals surface area contributed by atoms with Gasteiger partial charge in [-0.15, -0.1) is 0 Å². The van der Waals surface area contributed by atoms with Crippen LogP contribution < -0.4 is 0 Å². The molecular formula is C12H22N2S. The van der Waals surface area contributed by atoms with Gasteiger partial charge in [-0.2, -0.15) is 0 Å². The van der Waals surface area contributed by atoms with E-state index >= 15 is 0 Å². The van der Waals surface area contributed by atoms with Crippen molar-refractivity contribution in [2.24, 2.45) is 5.92 Å². The van der Waals surface area contributed by atoms with Gasteiger partial charge in [0.2, 0.25) is 0 Å². The SMILES string of the molecule is CCCCC(CCC)Cc1c[nH]c(=S)[nH]1. The Bertz CT molecular complexity index is 313. The second-order valence-corrected chi connectivity index (χ2v) is 4.68. The van der Waals surface area contributed by atoms with Gasteiger partial charge in [-0.3, -0.25) is 0 Å². The average Bonchev–Trinajstić information content (AvgIpc) is 2.61. The molecule has 0 amide bonds. The van der Waals surface area contributed by atoms with Crippen molar-refractivity contribution in [3.8, 4) is 0 Å². The second-order valence-electron chi connectivity index (χ2n) is 4.27. The van der Waals surface area contributed by atoms with Crippen molar-refractivity contribution >= 4 is 12.2 Å². The first-order valence-electron chi connectivity index (χ1n) is 6.02. The number of hydrogen-bond acceptors (Lipinski definition) is 1. The first kappa shape index (κ1) is 12.5. The largest absolute Gasteiger partial charge is 0.337 e. The van der Waals surface area contributed by atoms with E-state index in [2.05, 4.69) is 23.8 Å². The van der Waals surface area contributed by atoms with Gasteiger partial charge in [0.05, 0.1) is 0 Å². The monoisotopic (exact) mass is 226 g/mol. The molecular weight excluding hydrogens is 204 g/mol. The van der Waals surface area contributed by atoms with Gasteiger partial charge < -0.3 is 9.97 Å². The molecule has 2 nitrogen and oxygen atoms in total. The topological polar surface area (TPSA) is 31.6 Å². The Morgan fingerprint density at radius 1 is 1.27 bits per heavy atom. The number of rotatable bonds is 7. The fourth-order valence-electron chi connectivity index (χ4n) is 2.04. The lowest BCUT2D eigenvalue weighted by molar-refractivity contribution is 0.424. The molecule has 0 aromatic carbocycles. The van der Waals surface area contributed by atoms with Crippen LogP contribution in [-0.4, -0.2) is 9.97 Å². The Morgan fingerprint density at radius 2 is 2.07 bits per heavy atom. The maximum absolute atomic E-state index is 5.03. The summed E-state index contributed by atoms with van der Waals surface area (Å²) in [4.78, 5) is 6.23. The van der Waals surface area contributed by atoms with Crippen LogP contribution in [0.25, 0.3) is 0 Å². The van der Waals surface area contributed by atoms with E-state index in [9.17, 15) is 0 Å². The third-order valence-corrected chi connectivity index (χ3v) is 3.04. The van der Waals surface area contributed by atoms with Crippen LogP contribution in [0.4, 0.5) is 0 Å². The van der Waals surface area contributed by atoms with Crippen LogP contribution in [0.5, 0.6) is 0 Å². The molecule has 15 heavy (non-hydrogen) atoms. The molecule has 2 N–H and O–H groups in total. The molecule has 0 fully saturated rings. The van der Waals surface area contributed by atoms with Crippen LogP contribution in [-0.2, 0) is 6.42 Å². The van der Waals surface area contributed by atoms with Crippen molar-refractivity contribution in [2.75, 3.05) is 0 Å². The van der Waals surface area contributed by atoms with E-state index in [1.807, 2.05) is 6.20 Å². The van der Waals surface area contributed by atoms with E-state index in [4.69, 9.17) is 12.2 Å². The number of H-pyrrole nitrogens is 2. The summed E-state index contributed by atoms with van der Waals surface area (Å²) >= 11 is 5.03. The Morgan fingerprint density at radius 3 is 2.60 bits per heavy atom. The van der Waals surface area contributed by atoms with E-state index in [-0.39, 0.29) is 0 Å². The third-order valence-electron chi connectivity index (χ3n) is 2.82. The minimum Gasteiger partial charge on any atom is -0.337 e. The highest BCUT2D eigenvalue weighted by atomic mass is 32.1. The lowest BCUT2D eigenvalue weighted by atomic mass is 9.93. The normalized spacial score (nSPS) is 12.9. The Hall–Kier alpha value is -0.570. The summed E-state index contributed by atoms with van der Waals surface area (Å²) in [6, 6.07) is 0. The number of aromatic amines is 2. The summed E-state index contributed by atoms with van der Waals surface area (Å²) in [6.45, 7) is 4.52. The van der Waals surface area contributed by atoms with Gasteiger partial charge in [0.25, 0.3) is 0 Å². The van der Waals surface area contributed by atoms with E-state index in [0.717, 1.165) is 17.1 Å². The molecule has 0 aliphatic heterocycles. The first-order chi connectivity index (χ1) is 7.26. The average molecular weight is 226 g/mol. The molecule has 1 atom stereocenters. The molecule has 1 aromatic heterocycles. The zero-order valence-corrected chi connectivity index (χ0v) is 10.6. The lowest BCUT2D eigenvalue weighted by Crippen LogP contribution is -2.04. The summed E-state index contributed by atoms with van der Waals surface area (Å²) in [7, 11) is 0. The highest BCUT2D eigenvalue weighted by molar-refractivity contribution is 7.71. The van der Waals surface area contributed by atoms with Crippen molar-refractivity contribution in [2.45, 2.75) is 52.4 Å². The molecule has 0 saturated heterocycles. The molecule has 0 bridgehead atoms. The van der Waals surface area contributed by atoms with Gasteiger partial charge in [-0.05, 0) is 24.6 Å². The highest BCUT2D eigenvalue weighted by Gasteiger charge is 2.09. The quantitative estimate of drug-likeness (QED) is 0.670. The van der Waals surface area contributed by atoms with E-state index < -0.39 is 0 Å². The molecule has 0 spiro atoms. The maximum Gasteiger partial charge on any atom is 0.174 e. The van der Waals surface area contributed by atoms with Gasteiger partial charge in [0, 0.05) is 11.9 Å². The van der Waals surface area contributed by atoms with Crippen LogP contribution >= 0.6 is 12.2 Å². The fourth-order valence-corrected chi connectivity index (χ4v) is 2.23. The van der Waals surface area contributed by atoms with Crippen molar-refractivity contribution in [1.82, 2.24) is 9.97 Å². The standard InChI is InChI=1S/C12H22N2S/c1-3-5-7-10(6-4-2)8-11-9-13-12(15)14-11/h9-10H,3-8H2,1-2H3,(H2,13,14,15). The molecule has 0 aliphatic carbocycles. The zero-order chi connectivity index (χ0) is 11.1. The van der Waals surface area contributed by atoms with E-state index in [1.165, 1.54) is 37.8 Å². The number of aromatic nitrogens is 2. The predicted octanol–water partition coefficient (Wildman–Crippen LogP) is 4.22. The van der Waals surface area contributed by atoms with Gasteiger partial charge in [-0.25, -0.2) is 0 Å². The van der Waals surface area contributed by atoms with Gasteiger partial charge in [-0.1, -0.05) is 46.0 Å². The van der Waals surface area contributed by atoms with Crippen molar-refractivity contribution in [3.05, 3.63) is 16.7 Å². The fraction of sp³-hybridized carbons (Fsp3) is 0.750. The van der Waals surface area contributed by atoms with Crippen LogP contribution in [0, 0.1) is 10.7 Å². The molecule has 0 aliphatic rings. The van der Waals surface area contributed by atoms with Crippen LogP contribution in [0.2, 0.25) is 0 Å². The van der Waals surface area contributed by atoms with Crippen molar-refractivity contribution in [1.29, 1.82) is 0 Å². The number of imidazole rings is 1. The molecule has 0 radical (unpaired) electrons. The minimum atomic E-state index is 0.746. The molecule has 3 heteroatoms. The summed E-state index contributed by atoms with van der Waals surface area (Å²) in [5.74, 6) is 0.816. The van der Waals surface area contributed by atoms with Crippen LogP contribution in [0.3, 0.4) is 0 Å². The Kier molecular flexibility index (Phi) is 5.69. The van der Waals surface area contributed by atoms with Gasteiger partial charge in [0.15, 0.2) is 4.77 Å². The zero-order valence-electron chi connectivity index (χ0n) is 9.81. The molecule has 1 rings (SSSR count). The molecule has 86 valence electrons. The van der Waals surface area contributed by atoms with E-state index in [0.29, 0.717) is 0 Å². The summed E-state index contributed by atoms with van der Waals surface area (Å²) in [5.41, 5.74) is 1.26. The molecule has 1 aromatic rings. The maximum atomic E-state index is 5.03. The van der Waals surface area contributed by atoms with Crippen molar-refractivity contribution in [3.63, 3.8) is 0 Å². The molecule has 1 unspecified atom stereocenters. The Balaban J connectivity index is 2.46. The predicted molar refractivity (Wildman–Crippen MR) is 67.6 cm³/mol. The summed E-state index contributed by atoms with van der Waals surface area (Å²) in [5, 5.41) is 0. The smallest absolute Gasteiger partial charge is 0.174 e. The lowest BCUT2D eigenvalue weighted by Gasteiger charge is -2.14. The number of nitrogens with one attached hydrogen (secondary N) is 2. The highest BCUT2D eigenvalue weighted by Crippen LogP contribution is 2.19. The number of unbranched alkanes of at least 4 members (excludes halogenated alkanes) is 1. The Labute approximate surface area is 97.5 Å². The first-order valence-corrected chi connectivity index (χ1v) is 6.43. The number of hydrogen-bond donors (Lipinski definition) is 2. The van der Waals surface area contributed by atoms with Crippen LogP contribution in [0.1, 0.15) is 51.6 Å². The van der Waals surface area contributed by atoms with Crippen molar-refractivity contribution < 1.29 is 0 Å². The van der Waals surface area contributed by atoms with Gasteiger partial charge in [0.1, 0.15) is 0 Å². The second kappa shape index (κ2) is 6.83.